The first-order valence-electron chi connectivity index (χ1n) is 7.09. The first-order valence-corrected chi connectivity index (χ1v) is 7.09. The molecule has 3 rings (SSSR count). The second-order valence-electron chi connectivity index (χ2n) is 5.65. The van der Waals surface area contributed by atoms with Crippen LogP contribution in [0.2, 0.25) is 0 Å². The molecule has 0 unspecified atom stereocenters. The third-order valence-electron chi connectivity index (χ3n) is 3.92. The van der Waals surface area contributed by atoms with Gasteiger partial charge in [-0.2, -0.15) is 0 Å². The van der Waals surface area contributed by atoms with Crippen molar-refractivity contribution in [3.63, 3.8) is 0 Å². The number of carbonyl (C=O) groups is 1. The molecule has 0 spiro atoms. The molecule has 0 fully saturated rings. The van der Waals surface area contributed by atoms with Crippen LogP contribution in [0, 0.1) is 13.8 Å². The molecular weight excluding hydrogens is 262 g/mol. The molecule has 1 aromatic carbocycles. The molecule has 0 saturated carbocycles. The highest BCUT2D eigenvalue weighted by Crippen LogP contribution is 2.22. The van der Waals surface area contributed by atoms with Crippen LogP contribution in [-0.4, -0.2) is 20.3 Å². The molecule has 4 nitrogen and oxygen atoms in total. The average Bonchev–Trinajstić information content (AvgIpc) is 2.95. The summed E-state index contributed by atoms with van der Waals surface area (Å²) in [5, 5.41) is 1.16. The lowest BCUT2D eigenvalue weighted by molar-refractivity contribution is -0.117. The zero-order chi connectivity index (χ0) is 15.0. The Bertz CT molecular complexity index is 811. The van der Waals surface area contributed by atoms with Crippen molar-refractivity contribution in [3.8, 4) is 0 Å². The van der Waals surface area contributed by atoms with E-state index in [0.29, 0.717) is 12.8 Å². The van der Waals surface area contributed by atoms with Crippen LogP contribution in [-0.2, 0) is 24.7 Å². The molecule has 0 aliphatic rings. The van der Waals surface area contributed by atoms with E-state index in [9.17, 15) is 4.79 Å². The summed E-state index contributed by atoms with van der Waals surface area (Å²) >= 11 is 0. The highest BCUT2D eigenvalue weighted by Gasteiger charge is 2.13. The van der Waals surface area contributed by atoms with Gasteiger partial charge >= 0.3 is 0 Å². The number of aromatic nitrogens is 3. The Morgan fingerprint density at radius 1 is 1.29 bits per heavy atom. The van der Waals surface area contributed by atoms with Gasteiger partial charge in [0.2, 0.25) is 0 Å². The summed E-state index contributed by atoms with van der Waals surface area (Å²) in [7, 11) is 2.02. The van der Waals surface area contributed by atoms with Crippen LogP contribution in [0.5, 0.6) is 0 Å². The number of benzene rings is 1. The third-order valence-corrected chi connectivity index (χ3v) is 3.92. The summed E-state index contributed by atoms with van der Waals surface area (Å²) in [5.74, 6) is 0.193. The number of hydrogen-bond acceptors (Lipinski definition) is 2. The summed E-state index contributed by atoms with van der Waals surface area (Å²) in [6, 6.07) is 6.35. The van der Waals surface area contributed by atoms with Crippen molar-refractivity contribution in [1.82, 2.24) is 14.5 Å². The summed E-state index contributed by atoms with van der Waals surface area (Å²) < 4.78 is 2.09. The molecule has 0 atom stereocenters. The normalized spacial score (nSPS) is 11.2. The lowest BCUT2D eigenvalue weighted by Crippen LogP contribution is -2.07. The molecule has 3 aromatic rings. The van der Waals surface area contributed by atoms with Gasteiger partial charge in [0, 0.05) is 36.3 Å². The third kappa shape index (κ3) is 2.61. The number of ketones is 1. The van der Waals surface area contributed by atoms with Crippen molar-refractivity contribution in [2.75, 3.05) is 0 Å². The maximum Gasteiger partial charge on any atom is 0.143 e. The molecule has 0 aliphatic carbocycles. The number of aryl methyl sites for hydroxylation is 3. The second-order valence-corrected chi connectivity index (χ2v) is 5.65. The highest BCUT2D eigenvalue weighted by atomic mass is 16.1. The van der Waals surface area contributed by atoms with E-state index in [1.54, 1.807) is 6.33 Å². The van der Waals surface area contributed by atoms with Gasteiger partial charge in [-0.15, -0.1) is 0 Å². The number of rotatable bonds is 4. The molecule has 4 heteroatoms. The number of Topliss-reactive ketones (excluding diaryl/α,β-unsaturated/α-hetero) is 1. The quantitative estimate of drug-likeness (QED) is 0.799. The molecule has 0 bridgehead atoms. The van der Waals surface area contributed by atoms with E-state index in [4.69, 9.17) is 0 Å². The van der Waals surface area contributed by atoms with Crippen LogP contribution >= 0.6 is 0 Å². The molecule has 1 N–H and O–H groups in total. The van der Waals surface area contributed by atoms with E-state index in [0.717, 1.165) is 22.3 Å². The van der Waals surface area contributed by atoms with E-state index in [2.05, 4.69) is 45.9 Å². The van der Waals surface area contributed by atoms with Crippen LogP contribution in [0.25, 0.3) is 10.9 Å². The molecule has 0 saturated heterocycles. The summed E-state index contributed by atoms with van der Waals surface area (Å²) in [6.07, 6.45) is 4.53. The van der Waals surface area contributed by atoms with E-state index in [-0.39, 0.29) is 5.78 Å². The number of nitrogens with one attached hydrogen (secondary N) is 1. The number of fused-ring (bicyclic) bond motifs is 1. The van der Waals surface area contributed by atoms with E-state index >= 15 is 0 Å². The van der Waals surface area contributed by atoms with Crippen molar-refractivity contribution < 1.29 is 4.79 Å². The van der Waals surface area contributed by atoms with Gasteiger partial charge in [-0.3, -0.25) is 4.79 Å². The van der Waals surface area contributed by atoms with Gasteiger partial charge < -0.3 is 9.55 Å². The number of H-pyrrole nitrogens is 1. The van der Waals surface area contributed by atoms with Crippen molar-refractivity contribution in [2.24, 2.45) is 7.05 Å². The van der Waals surface area contributed by atoms with E-state index < -0.39 is 0 Å². The maximum atomic E-state index is 12.3. The summed E-state index contributed by atoms with van der Waals surface area (Å²) in [6.45, 7) is 4.02. The molecule has 0 radical (unpaired) electrons. The van der Waals surface area contributed by atoms with Crippen LogP contribution in [0.4, 0.5) is 0 Å². The molecule has 2 aromatic heterocycles. The van der Waals surface area contributed by atoms with Gasteiger partial charge in [-0.25, -0.2) is 4.98 Å². The fourth-order valence-corrected chi connectivity index (χ4v) is 2.75. The van der Waals surface area contributed by atoms with Crippen molar-refractivity contribution in [1.29, 1.82) is 0 Å². The average molecular weight is 281 g/mol. The largest absolute Gasteiger partial charge is 0.350 e. The van der Waals surface area contributed by atoms with Gasteiger partial charge in [0.05, 0.1) is 18.4 Å². The van der Waals surface area contributed by atoms with Gasteiger partial charge in [0.15, 0.2) is 0 Å². The Hall–Kier alpha value is -2.36. The number of nitrogens with zero attached hydrogens (tertiary/aromatic N) is 2. The fraction of sp³-hybridized carbons (Fsp3) is 0.294. The Kier molecular flexibility index (Phi) is 3.37. The predicted molar refractivity (Wildman–Crippen MR) is 83.4 cm³/mol. The molecule has 2 heterocycles. The topological polar surface area (TPSA) is 50.7 Å². The number of hydrogen-bond donors (Lipinski definition) is 1. The van der Waals surface area contributed by atoms with E-state index in [1.165, 1.54) is 11.1 Å². The van der Waals surface area contributed by atoms with Crippen molar-refractivity contribution in [3.05, 3.63) is 53.2 Å². The minimum atomic E-state index is 0.193. The zero-order valence-corrected chi connectivity index (χ0v) is 12.6. The van der Waals surface area contributed by atoms with Gasteiger partial charge in [0.25, 0.3) is 0 Å². The molecule has 21 heavy (non-hydrogen) atoms. The molecule has 108 valence electrons. The predicted octanol–water partition coefficient (Wildman–Crippen LogP) is 2.87. The van der Waals surface area contributed by atoms with Crippen molar-refractivity contribution >= 4 is 16.7 Å². The minimum absolute atomic E-state index is 0.193. The van der Waals surface area contributed by atoms with Crippen LogP contribution in [0.1, 0.15) is 22.5 Å². The SMILES string of the molecule is Cc1ccc2c(CC(=O)Cc3nc[nH]c3C)cn(C)c2c1. The van der Waals surface area contributed by atoms with Gasteiger partial charge in [-0.05, 0) is 31.0 Å². The number of aromatic amines is 1. The highest BCUT2D eigenvalue weighted by molar-refractivity contribution is 5.91. The van der Waals surface area contributed by atoms with Crippen LogP contribution in [0.15, 0.2) is 30.7 Å². The van der Waals surface area contributed by atoms with E-state index in [1.807, 2.05) is 14.0 Å². The van der Waals surface area contributed by atoms with Crippen molar-refractivity contribution in [2.45, 2.75) is 26.7 Å². The molecule has 0 aliphatic heterocycles. The summed E-state index contributed by atoms with van der Waals surface area (Å²) in [4.78, 5) is 19.5. The first-order chi connectivity index (χ1) is 10.0. The standard InChI is InChI=1S/C17H19N3O/c1-11-4-5-15-13(9-20(3)17(15)6-11)7-14(21)8-16-12(2)18-10-19-16/h4-6,9-10H,7-8H2,1-3H3,(H,18,19). The Labute approximate surface area is 123 Å². The molecular formula is C17H19N3O. The van der Waals surface area contributed by atoms with Crippen LogP contribution < -0.4 is 0 Å². The Balaban J connectivity index is 1.85. The first kappa shape index (κ1) is 13.6. The van der Waals surface area contributed by atoms with Crippen LogP contribution in [0.3, 0.4) is 0 Å². The maximum absolute atomic E-state index is 12.3. The van der Waals surface area contributed by atoms with Gasteiger partial charge in [0.1, 0.15) is 5.78 Å². The Morgan fingerprint density at radius 3 is 2.81 bits per heavy atom. The van der Waals surface area contributed by atoms with Gasteiger partial charge in [-0.1, -0.05) is 12.1 Å². The smallest absolute Gasteiger partial charge is 0.143 e. The fourth-order valence-electron chi connectivity index (χ4n) is 2.75. The lowest BCUT2D eigenvalue weighted by atomic mass is 10.0. The minimum Gasteiger partial charge on any atom is -0.350 e. The Morgan fingerprint density at radius 2 is 2.10 bits per heavy atom. The molecule has 0 amide bonds. The number of imidazole rings is 1. The second kappa shape index (κ2) is 5.20. The summed E-state index contributed by atoms with van der Waals surface area (Å²) in [5.41, 5.74) is 5.31. The zero-order valence-electron chi connectivity index (χ0n) is 12.6. The monoisotopic (exact) mass is 281 g/mol. The number of carbonyl (C=O) groups excluding carboxylic acids is 1. The lowest BCUT2D eigenvalue weighted by Gasteiger charge is -2.00.